The Hall–Kier alpha value is -1.40. The van der Waals surface area contributed by atoms with Gasteiger partial charge in [-0.25, -0.2) is 0 Å². The average Bonchev–Trinajstić information content (AvgIpc) is 3.28. The van der Waals surface area contributed by atoms with Crippen LogP contribution in [0.25, 0.3) is 0 Å². The van der Waals surface area contributed by atoms with E-state index in [0.717, 1.165) is 57.8 Å². The molecular weight excluding hydrogens is 779 g/mol. The van der Waals surface area contributed by atoms with E-state index in [9.17, 15) is 19.8 Å². The number of ether oxygens (including phenoxy) is 1. The predicted octanol–water partition coefficient (Wildman–Crippen LogP) is 17.3. The Morgan fingerprint density at radius 2 is 0.746 bits per heavy atom. The lowest BCUT2D eigenvalue weighted by Crippen LogP contribution is -2.45. The molecule has 0 saturated heterocycles. The summed E-state index contributed by atoms with van der Waals surface area (Å²) in [5.41, 5.74) is 0. The molecule has 3 N–H and O–H groups in total. The van der Waals surface area contributed by atoms with E-state index >= 15 is 0 Å². The first-order valence-corrected chi connectivity index (χ1v) is 28.4. The second-order valence-corrected chi connectivity index (χ2v) is 19.6. The molecule has 0 heterocycles. The third-order valence-electron chi connectivity index (χ3n) is 13.3. The zero-order chi connectivity index (χ0) is 45.8. The van der Waals surface area contributed by atoms with Crippen molar-refractivity contribution in [2.24, 2.45) is 0 Å². The number of unbranched alkanes of at least 4 members (excludes halogenated alkanes) is 40. The quantitative estimate of drug-likeness (QED) is 0.0321. The van der Waals surface area contributed by atoms with Crippen molar-refractivity contribution in [1.29, 1.82) is 0 Å². The highest BCUT2D eigenvalue weighted by Crippen LogP contribution is 2.17. The Bertz CT molecular complexity index is 939. The molecule has 0 aliphatic carbocycles. The zero-order valence-corrected chi connectivity index (χ0v) is 42.6. The van der Waals surface area contributed by atoms with Crippen LogP contribution in [0.3, 0.4) is 0 Å². The summed E-state index contributed by atoms with van der Waals surface area (Å²) >= 11 is 0. The summed E-state index contributed by atoms with van der Waals surface area (Å²) in [4.78, 5) is 24.5. The number of rotatable bonds is 53. The van der Waals surface area contributed by atoms with Gasteiger partial charge < -0.3 is 20.3 Å². The van der Waals surface area contributed by atoms with Gasteiger partial charge in [0.05, 0.1) is 25.4 Å². The Labute approximate surface area is 393 Å². The minimum absolute atomic E-state index is 0.00412. The van der Waals surface area contributed by atoms with Gasteiger partial charge in [-0.15, -0.1) is 0 Å². The van der Waals surface area contributed by atoms with E-state index in [1.54, 1.807) is 0 Å². The molecule has 0 aromatic carbocycles. The van der Waals surface area contributed by atoms with Crippen LogP contribution in [0.4, 0.5) is 0 Å². The van der Waals surface area contributed by atoms with Gasteiger partial charge in [0.15, 0.2) is 0 Å². The number of hydrogen-bond donors (Lipinski definition) is 3. The number of hydrogen-bond acceptors (Lipinski definition) is 5. The summed E-state index contributed by atoms with van der Waals surface area (Å²) in [5.74, 6) is -0.0430. The van der Waals surface area contributed by atoms with Gasteiger partial charge in [-0.05, 0) is 51.4 Å². The van der Waals surface area contributed by atoms with E-state index in [4.69, 9.17) is 4.74 Å². The van der Waals surface area contributed by atoms with E-state index in [1.807, 2.05) is 0 Å². The maximum absolute atomic E-state index is 12.5. The van der Waals surface area contributed by atoms with Gasteiger partial charge in [0.25, 0.3) is 0 Å². The van der Waals surface area contributed by atoms with Crippen LogP contribution in [0.2, 0.25) is 0 Å². The van der Waals surface area contributed by atoms with E-state index in [1.165, 1.54) is 225 Å². The standard InChI is InChI=1S/C57H111NO5/c1-3-5-7-9-11-13-15-17-18-23-26-29-33-37-41-45-49-55(60)54(53-59)58-56(61)50-46-42-38-34-30-27-24-21-19-20-22-25-28-32-36-40-44-48-52-63-57(62)51-47-43-39-35-31-16-14-12-10-8-6-4-2/h21,24,54-55,59-60H,3-20,22-23,25-53H2,1-2H3,(H,58,61)/b24-21-. The molecule has 0 rings (SSSR count). The van der Waals surface area contributed by atoms with Crippen LogP contribution < -0.4 is 5.32 Å². The molecule has 2 unspecified atom stereocenters. The first-order valence-electron chi connectivity index (χ1n) is 28.4. The van der Waals surface area contributed by atoms with Gasteiger partial charge >= 0.3 is 5.97 Å². The summed E-state index contributed by atoms with van der Waals surface area (Å²) in [5, 5.41) is 23.3. The maximum Gasteiger partial charge on any atom is 0.305 e. The molecule has 63 heavy (non-hydrogen) atoms. The van der Waals surface area contributed by atoms with E-state index < -0.39 is 12.1 Å². The van der Waals surface area contributed by atoms with Crippen LogP contribution in [0.15, 0.2) is 12.2 Å². The number of amides is 1. The van der Waals surface area contributed by atoms with Crippen LogP contribution in [-0.2, 0) is 14.3 Å². The Kier molecular flexibility index (Phi) is 52.0. The largest absolute Gasteiger partial charge is 0.466 e. The average molecular weight is 891 g/mol. The van der Waals surface area contributed by atoms with Crippen molar-refractivity contribution in [1.82, 2.24) is 5.32 Å². The minimum Gasteiger partial charge on any atom is -0.466 e. The topological polar surface area (TPSA) is 95.9 Å². The lowest BCUT2D eigenvalue weighted by Gasteiger charge is -2.22. The van der Waals surface area contributed by atoms with Crippen molar-refractivity contribution in [2.45, 2.75) is 328 Å². The molecule has 6 nitrogen and oxygen atoms in total. The molecular formula is C57H111NO5. The smallest absolute Gasteiger partial charge is 0.305 e. The molecule has 0 saturated carbocycles. The van der Waals surface area contributed by atoms with Gasteiger partial charge in [0.2, 0.25) is 5.91 Å². The molecule has 0 bridgehead atoms. The fourth-order valence-electron chi connectivity index (χ4n) is 8.93. The summed E-state index contributed by atoms with van der Waals surface area (Å²) in [6.45, 7) is 4.95. The highest BCUT2D eigenvalue weighted by molar-refractivity contribution is 5.76. The van der Waals surface area contributed by atoms with Gasteiger partial charge in [-0.3, -0.25) is 9.59 Å². The van der Waals surface area contributed by atoms with E-state index in [2.05, 4.69) is 31.3 Å². The molecule has 0 fully saturated rings. The summed E-state index contributed by atoms with van der Waals surface area (Å²) in [6.07, 6.45) is 61.9. The molecule has 0 aliphatic rings. The second kappa shape index (κ2) is 53.2. The number of esters is 1. The van der Waals surface area contributed by atoms with Crippen LogP contribution in [-0.4, -0.2) is 47.4 Å². The SMILES string of the molecule is CCCCCCCCCCCCCCCCCCC(O)C(CO)NC(=O)CCCCCCC/C=C\CCCCCCCCCCCOC(=O)CCCCCCCCCCCCCC. The Balaban J connectivity index is 3.45. The lowest BCUT2D eigenvalue weighted by atomic mass is 10.0. The van der Waals surface area contributed by atoms with Crippen LogP contribution in [0.1, 0.15) is 316 Å². The van der Waals surface area contributed by atoms with Gasteiger partial charge in [-0.2, -0.15) is 0 Å². The van der Waals surface area contributed by atoms with Crippen LogP contribution in [0.5, 0.6) is 0 Å². The van der Waals surface area contributed by atoms with Crippen LogP contribution >= 0.6 is 0 Å². The Morgan fingerprint density at radius 3 is 1.13 bits per heavy atom. The maximum atomic E-state index is 12.5. The first-order chi connectivity index (χ1) is 31.0. The molecule has 1 amide bonds. The van der Waals surface area contributed by atoms with Gasteiger partial charge in [0, 0.05) is 12.8 Å². The van der Waals surface area contributed by atoms with Crippen molar-refractivity contribution >= 4 is 11.9 Å². The molecule has 6 heteroatoms. The van der Waals surface area contributed by atoms with E-state index in [0.29, 0.717) is 25.9 Å². The van der Waals surface area contributed by atoms with Gasteiger partial charge in [-0.1, -0.05) is 264 Å². The number of nitrogens with one attached hydrogen (secondary N) is 1. The van der Waals surface area contributed by atoms with Crippen molar-refractivity contribution in [3.05, 3.63) is 12.2 Å². The number of aliphatic hydroxyl groups is 2. The number of allylic oxidation sites excluding steroid dienone is 2. The number of carbonyl (C=O) groups excluding carboxylic acids is 2. The third kappa shape index (κ3) is 49.9. The third-order valence-corrected chi connectivity index (χ3v) is 13.3. The van der Waals surface area contributed by atoms with Crippen molar-refractivity contribution in [3.8, 4) is 0 Å². The fraction of sp³-hybridized carbons (Fsp3) is 0.930. The molecule has 0 aromatic rings. The fourth-order valence-corrected chi connectivity index (χ4v) is 8.93. The molecule has 0 aromatic heterocycles. The predicted molar refractivity (Wildman–Crippen MR) is 273 cm³/mol. The molecule has 2 atom stereocenters. The first kappa shape index (κ1) is 61.6. The zero-order valence-electron chi connectivity index (χ0n) is 42.6. The molecule has 0 aliphatic heterocycles. The molecule has 0 spiro atoms. The molecule has 374 valence electrons. The second-order valence-electron chi connectivity index (χ2n) is 19.6. The van der Waals surface area contributed by atoms with Gasteiger partial charge in [0.1, 0.15) is 0 Å². The van der Waals surface area contributed by atoms with Crippen molar-refractivity contribution in [2.75, 3.05) is 13.2 Å². The minimum atomic E-state index is -0.672. The van der Waals surface area contributed by atoms with Crippen LogP contribution in [0, 0.1) is 0 Å². The summed E-state index contributed by atoms with van der Waals surface area (Å²) in [6, 6.07) is -0.550. The van der Waals surface area contributed by atoms with Crippen molar-refractivity contribution in [3.63, 3.8) is 0 Å². The normalized spacial score (nSPS) is 12.6. The van der Waals surface area contributed by atoms with E-state index in [-0.39, 0.29) is 18.5 Å². The monoisotopic (exact) mass is 890 g/mol. The molecule has 0 radical (unpaired) electrons. The highest BCUT2D eigenvalue weighted by atomic mass is 16.5. The Morgan fingerprint density at radius 1 is 0.429 bits per heavy atom. The number of carbonyl (C=O) groups is 2. The number of aliphatic hydroxyl groups excluding tert-OH is 2. The summed E-state index contributed by atoms with van der Waals surface area (Å²) in [7, 11) is 0. The summed E-state index contributed by atoms with van der Waals surface area (Å²) < 4.78 is 5.46. The lowest BCUT2D eigenvalue weighted by molar-refractivity contribution is -0.143. The van der Waals surface area contributed by atoms with Crippen molar-refractivity contribution < 1.29 is 24.5 Å². The highest BCUT2D eigenvalue weighted by Gasteiger charge is 2.20.